The van der Waals surface area contributed by atoms with Crippen molar-refractivity contribution in [3.63, 3.8) is 0 Å². The second-order valence-corrected chi connectivity index (χ2v) is 4.65. The third kappa shape index (κ3) is 1.38. The molecule has 5 heteroatoms. The molecule has 1 saturated carbocycles. The third-order valence-corrected chi connectivity index (χ3v) is 3.76. The number of fused-ring (bicyclic) bond motifs is 1. The molecule has 3 rings (SSSR count). The van der Waals surface area contributed by atoms with E-state index in [1.54, 1.807) is 0 Å². The molecule has 2 saturated heterocycles. The monoisotopic (exact) mass is 228 g/mol. The lowest BCUT2D eigenvalue weighted by Gasteiger charge is -2.25. The number of carbonyl (C=O) groups is 1. The average molecular weight is 228 g/mol. The summed E-state index contributed by atoms with van der Waals surface area (Å²) in [6, 6.07) is 0. The fraction of sp³-hybridized carbons (Fsp3) is 0.909. The standard InChI is InChI=1S/C11H16O5/c1-13-9(12)11-4-2-3-10(7-8(11)16-11)14-5-6-15-10/h8H,2-7H2,1H3. The molecule has 0 bridgehead atoms. The number of rotatable bonds is 1. The number of hydrogen-bond donors (Lipinski definition) is 0. The van der Waals surface area contributed by atoms with E-state index in [4.69, 9.17) is 18.9 Å². The highest BCUT2D eigenvalue weighted by molar-refractivity contribution is 5.83. The fourth-order valence-electron chi connectivity index (χ4n) is 2.86. The van der Waals surface area contributed by atoms with Gasteiger partial charge in [0, 0.05) is 12.8 Å². The van der Waals surface area contributed by atoms with Gasteiger partial charge in [-0.1, -0.05) is 0 Å². The van der Waals surface area contributed by atoms with Gasteiger partial charge in [-0.2, -0.15) is 0 Å². The first kappa shape index (κ1) is 10.5. The molecule has 0 aromatic heterocycles. The van der Waals surface area contributed by atoms with Crippen LogP contribution in [-0.2, 0) is 23.7 Å². The molecule has 0 aromatic rings. The number of carbonyl (C=O) groups excluding carboxylic acids is 1. The normalized spacial score (nSPS) is 40.2. The van der Waals surface area contributed by atoms with Crippen molar-refractivity contribution in [2.75, 3.05) is 20.3 Å². The Morgan fingerprint density at radius 3 is 2.75 bits per heavy atom. The molecular weight excluding hydrogens is 212 g/mol. The van der Waals surface area contributed by atoms with Gasteiger partial charge in [-0.25, -0.2) is 4.79 Å². The lowest BCUT2D eigenvalue weighted by molar-refractivity contribution is -0.169. The first-order valence-corrected chi connectivity index (χ1v) is 5.75. The van der Waals surface area contributed by atoms with Crippen molar-refractivity contribution >= 4 is 5.97 Å². The van der Waals surface area contributed by atoms with Gasteiger partial charge in [0.1, 0.15) is 6.10 Å². The van der Waals surface area contributed by atoms with Crippen molar-refractivity contribution in [2.24, 2.45) is 0 Å². The molecule has 0 aromatic carbocycles. The van der Waals surface area contributed by atoms with Crippen molar-refractivity contribution in [1.82, 2.24) is 0 Å². The van der Waals surface area contributed by atoms with Crippen LogP contribution >= 0.6 is 0 Å². The zero-order valence-electron chi connectivity index (χ0n) is 9.36. The maximum atomic E-state index is 11.7. The lowest BCUT2D eigenvalue weighted by Crippen LogP contribution is -2.32. The molecule has 2 atom stereocenters. The Morgan fingerprint density at radius 1 is 1.31 bits per heavy atom. The minimum atomic E-state index is -0.701. The molecule has 2 heterocycles. The van der Waals surface area contributed by atoms with E-state index in [2.05, 4.69) is 0 Å². The van der Waals surface area contributed by atoms with Gasteiger partial charge in [-0.15, -0.1) is 0 Å². The van der Waals surface area contributed by atoms with Gasteiger partial charge in [-0.3, -0.25) is 0 Å². The maximum absolute atomic E-state index is 11.7. The Kier molecular flexibility index (Phi) is 2.24. The van der Waals surface area contributed by atoms with E-state index >= 15 is 0 Å². The van der Waals surface area contributed by atoms with Gasteiger partial charge in [0.2, 0.25) is 0 Å². The van der Waals surface area contributed by atoms with Crippen molar-refractivity contribution in [2.45, 2.75) is 43.2 Å². The van der Waals surface area contributed by atoms with E-state index in [9.17, 15) is 4.79 Å². The molecule has 2 aliphatic heterocycles. The Bertz CT molecular complexity index is 309. The summed E-state index contributed by atoms with van der Waals surface area (Å²) >= 11 is 0. The molecular formula is C11H16O5. The highest BCUT2D eigenvalue weighted by Gasteiger charge is 2.67. The molecule has 0 radical (unpaired) electrons. The molecule has 90 valence electrons. The summed E-state index contributed by atoms with van der Waals surface area (Å²) in [4.78, 5) is 11.7. The minimum Gasteiger partial charge on any atom is -0.467 e. The number of epoxide rings is 1. The predicted octanol–water partition coefficient (Wildman–Crippen LogP) is 0.614. The second-order valence-electron chi connectivity index (χ2n) is 4.65. The predicted molar refractivity (Wildman–Crippen MR) is 52.7 cm³/mol. The first-order chi connectivity index (χ1) is 7.71. The van der Waals surface area contributed by atoms with E-state index in [0.29, 0.717) is 26.1 Å². The van der Waals surface area contributed by atoms with Gasteiger partial charge in [0.15, 0.2) is 11.4 Å². The SMILES string of the molecule is COC(=O)C12CCCC3(CC1O2)OCCO3. The molecule has 0 N–H and O–H groups in total. The number of esters is 1. The van der Waals surface area contributed by atoms with Gasteiger partial charge in [-0.05, 0) is 12.8 Å². The van der Waals surface area contributed by atoms with Crippen LogP contribution in [0.1, 0.15) is 25.7 Å². The Balaban J connectivity index is 1.76. The zero-order valence-corrected chi connectivity index (χ0v) is 9.36. The topological polar surface area (TPSA) is 57.3 Å². The minimum absolute atomic E-state index is 0.0967. The maximum Gasteiger partial charge on any atom is 0.340 e. The third-order valence-electron chi connectivity index (χ3n) is 3.76. The van der Waals surface area contributed by atoms with Crippen molar-refractivity contribution in [3.05, 3.63) is 0 Å². The van der Waals surface area contributed by atoms with Crippen LogP contribution in [-0.4, -0.2) is 43.8 Å². The number of hydrogen-bond acceptors (Lipinski definition) is 5. The van der Waals surface area contributed by atoms with Crippen LogP contribution in [0.2, 0.25) is 0 Å². The summed E-state index contributed by atoms with van der Waals surface area (Å²) < 4.78 is 21.7. The summed E-state index contributed by atoms with van der Waals surface area (Å²) in [5.41, 5.74) is -0.701. The second kappa shape index (κ2) is 3.42. The summed E-state index contributed by atoms with van der Waals surface area (Å²) in [5.74, 6) is -0.760. The van der Waals surface area contributed by atoms with Gasteiger partial charge in [0.25, 0.3) is 0 Å². The van der Waals surface area contributed by atoms with Crippen LogP contribution in [0, 0.1) is 0 Å². The van der Waals surface area contributed by atoms with Crippen LogP contribution in [0.5, 0.6) is 0 Å². The highest BCUT2D eigenvalue weighted by Crippen LogP contribution is 2.51. The van der Waals surface area contributed by atoms with Gasteiger partial charge < -0.3 is 18.9 Å². The molecule has 2 unspecified atom stereocenters. The Labute approximate surface area is 94.0 Å². The van der Waals surface area contributed by atoms with Crippen LogP contribution in [0.25, 0.3) is 0 Å². The van der Waals surface area contributed by atoms with Gasteiger partial charge in [0.05, 0.1) is 20.3 Å². The fourth-order valence-corrected chi connectivity index (χ4v) is 2.86. The van der Waals surface area contributed by atoms with E-state index < -0.39 is 11.4 Å². The quantitative estimate of drug-likeness (QED) is 0.486. The Morgan fingerprint density at radius 2 is 2.06 bits per heavy atom. The smallest absolute Gasteiger partial charge is 0.340 e. The van der Waals surface area contributed by atoms with E-state index in [1.165, 1.54) is 7.11 Å². The van der Waals surface area contributed by atoms with Crippen molar-refractivity contribution < 1.29 is 23.7 Å². The van der Waals surface area contributed by atoms with E-state index in [-0.39, 0.29) is 12.1 Å². The van der Waals surface area contributed by atoms with E-state index in [0.717, 1.165) is 12.8 Å². The Hall–Kier alpha value is -0.650. The van der Waals surface area contributed by atoms with Gasteiger partial charge >= 0.3 is 5.97 Å². The molecule has 5 nitrogen and oxygen atoms in total. The van der Waals surface area contributed by atoms with Crippen LogP contribution in [0.4, 0.5) is 0 Å². The molecule has 1 spiro atoms. The summed E-state index contributed by atoms with van der Waals surface area (Å²) in [5, 5.41) is 0. The molecule has 1 aliphatic carbocycles. The summed E-state index contributed by atoms with van der Waals surface area (Å²) in [6.45, 7) is 1.27. The number of ether oxygens (including phenoxy) is 4. The molecule has 0 amide bonds. The molecule has 16 heavy (non-hydrogen) atoms. The summed E-state index contributed by atoms with van der Waals surface area (Å²) in [7, 11) is 1.40. The highest BCUT2D eigenvalue weighted by atomic mass is 16.7. The van der Waals surface area contributed by atoms with Crippen LogP contribution in [0.15, 0.2) is 0 Å². The van der Waals surface area contributed by atoms with Crippen molar-refractivity contribution in [3.8, 4) is 0 Å². The van der Waals surface area contributed by atoms with Crippen LogP contribution < -0.4 is 0 Å². The first-order valence-electron chi connectivity index (χ1n) is 5.75. The lowest BCUT2D eigenvalue weighted by atomic mass is 10.0. The summed E-state index contributed by atoms with van der Waals surface area (Å²) in [6.07, 6.45) is 2.96. The average Bonchev–Trinajstić information content (AvgIpc) is 2.78. The number of methoxy groups -OCH3 is 1. The zero-order chi connectivity index (χ0) is 11.2. The molecule has 3 aliphatic rings. The van der Waals surface area contributed by atoms with Crippen molar-refractivity contribution in [1.29, 1.82) is 0 Å². The largest absolute Gasteiger partial charge is 0.467 e. The van der Waals surface area contributed by atoms with E-state index in [1.807, 2.05) is 0 Å². The molecule has 3 fully saturated rings. The van der Waals surface area contributed by atoms with Crippen LogP contribution in [0.3, 0.4) is 0 Å².